The molecule has 0 spiro atoms. The van der Waals surface area contributed by atoms with Crippen LogP contribution in [0.5, 0.6) is 0 Å². The van der Waals surface area contributed by atoms with Gasteiger partial charge in [0.25, 0.3) is 0 Å². The van der Waals surface area contributed by atoms with Gasteiger partial charge < -0.3 is 9.52 Å². The zero-order chi connectivity index (χ0) is 15.6. The highest BCUT2D eigenvalue weighted by atomic mass is 32.2. The third-order valence-electron chi connectivity index (χ3n) is 3.33. The van der Waals surface area contributed by atoms with E-state index in [0.29, 0.717) is 17.2 Å². The first-order valence-electron chi connectivity index (χ1n) is 6.69. The summed E-state index contributed by atoms with van der Waals surface area (Å²) in [4.78, 5) is 11.6. The van der Waals surface area contributed by atoms with Crippen LogP contribution in [0.3, 0.4) is 0 Å². The van der Waals surface area contributed by atoms with Gasteiger partial charge >= 0.3 is 5.97 Å². The molecule has 2 rings (SSSR count). The molecule has 0 bridgehead atoms. The van der Waals surface area contributed by atoms with Crippen molar-refractivity contribution in [1.82, 2.24) is 0 Å². The minimum atomic E-state index is -1.22. The van der Waals surface area contributed by atoms with Gasteiger partial charge in [-0.2, -0.15) is 0 Å². The lowest BCUT2D eigenvalue weighted by Crippen LogP contribution is -1.98. The molecule has 5 heteroatoms. The monoisotopic (exact) mass is 306 g/mol. The van der Waals surface area contributed by atoms with Gasteiger partial charge in [-0.1, -0.05) is 26.0 Å². The Bertz CT molecular complexity index is 668. The highest BCUT2D eigenvalue weighted by molar-refractivity contribution is 7.84. The van der Waals surface area contributed by atoms with Gasteiger partial charge in [0.1, 0.15) is 5.76 Å². The maximum atomic E-state index is 12.3. The van der Waals surface area contributed by atoms with Crippen molar-refractivity contribution in [2.24, 2.45) is 0 Å². The summed E-state index contributed by atoms with van der Waals surface area (Å²) in [5, 5.41) is 8.89. The topological polar surface area (TPSA) is 67.5 Å². The Balaban J connectivity index is 2.16. The predicted octanol–water partition coefficient (Wildman–Crippen LogP) is 3.72. The lowest BCUT2D eigenvalue weighted by atomic mass is 10.0. The van der Waals surface area contributed by atoms with Gasteiger partial charge in [-0.3, -0.25) is 4.21 Å². The van der Waals surface area contributed by atoms with Gasteiger partial charge in [-0.05, 0) is 36.6 Å². The number of rotatable bonds is 5. The minimum Gasteiger partial charge on any atom is -0.475 e. The smallest absolute Gasteiger partial charge is 0.371 e. The van der Waals surface area contributed by atoms with Crippen LogP contribution < -0.4 is 0 Å². The fraction of sp³-hybridized carbons (Fsp3) is 0.312. The highest BCUT2D eigenvalue weighted by Gasteiger charge is 2.15. The van der Waals surface area contributed by atoms with E-state index in [1.807, 2.05) is 24.3 Å². The zero-order valence-corrected chi connectivity index (χ0v) is 13.1. The molecule has 0 fully saturated rings. The third-order valence-corrected chi connectivity index (χ3v) is 4.70. The van der Waals surface area contributed by atoms with Crippen LogP contribution in [0.15, 0.2) is 39.6 Å². The molecular weight excluding hydrogens is 288 g/mol. The van der Waals surface area contributed by atoms with Crippen LogP contribution in [0.4, 0.5) is 0 Å². The molecule has 1 unspecified atom stereocenters. The molecule has 21 heavy (non-hydrogen) atoms. The Hall–Kier alpha value is -1.88. The van der Waals surface area contributed by atoms with E-state index in [4.69, 9.17) is 9.52 Å². The first kappa shape index (κ1) is 15.5. The fourth-order valence-corrected chi connectivity index (χ4v) is 3.17. The second-order valence-electron chi connectivity index (χ2n) is 5.21. The van der Waals surface area contributed by atoms with Crippen molar-refractivity contribution in [3.8, 4) is 0 Å². The molecule has 4 nitrogen and oxygen atoms in total. The third kappa shape index (κ3) is 3.61. The molecule has 0 aliphatic carbocycles. The summed E-state index contributed by atoms with van der Waals surface area (Å²) >= 11 is 0. The maximum Gasteiger partial charge on any atom is 0.371 e. The molecule has 1 aromatic heterocycles. The van der Waals surface area contributed by atoms with Crippen molar-refractivity contribution >= 4 is 16.8 Å². The Labute approximate surface area is 126 Å². The number of carboxylic acid groups (broad SMARTS) is 1. The molecule has 0 saturated heterocycles. The Morgan fingerprint density at radius 1 is 1.29 bits per heavy atom. The van der Waals surface area contributed by atoms with Crippen LogP contribution in [0.25, 0.3) is 0 Å². The first-order valence-corrected chi connectivity index (χ1v) is 8.01. The molecule has 0 radical (unpaired) electrons. The molecule has 2 aromatic rings. The van der Waals surface area contributed by atoms with Gasteiger partial charge in [0.05, 0.1) is 16.6 Å². The van der Waals surface area contributed by atoms with E-state index in [1.54, 1.807) is 6.92 Å². The lowest BCUT2D eigenvalue weighted by molar-refractivity contribution is 0.0661. The lowest BCUT2D eigenvalue weighted by Gasteiger charge is -2.06. The number of aromatic carboxylic acids is 1. The van der Waals surface area contributed by atoms with Gasteiger partial charge in [0.2, 0.25) is 5.76 Å². The van der Waals surface area contributed by atoms with Crippen molar-refractivity contribution in [1.29, 1.82) is 0 Å². The summed E-state index contributed by atoms with van der Waals surface area (Å²) in [6.45, 7) is 5.89. The van der Waals surface area contributed by atoms with Crippen LogP contribution in [0, 0.1) is 6.92 Å². The summed E-state index contributed by atoms with van der Waals surface area (Å²) in [5.41, 5.74) is 1.86. The van der Waals surface area contributed by atoms with Crippen LogP contribution >= 0.6 is 0 Å². The number of furan rings is 1. The Morgan fingerprint density at radius 2 is 1.90 bits per heavy atom. The molecule has 0 amide bonds. The van der Waals surface area contributed by atoms with Crippen molar-refractivity contribution < 1.29 is 18.5 Å². The van der Waals surface area contributed by atoms with Gasteiger partial charge in [-0.15, -0.1) is 0 Å². The van der Waals surface area contributed by atoms with E-state index in [-0.39, 0.29) is 11.5 Å². The average Bonchev–Trinajstić information content (AvgIpc) is 2.80. The predicted molar refractivity (Wildman–Crippen MR) is 81.0 cm³/mol. The number of hydrogen-bond donors (Lipinski definition) is 1. The molecule has 1 aromatic carbocycles. The second kappa shape index (κ2) is 6.26. The summed E-state index contributed by atoms with van der Waals surface area (Å²) in [6.07, 6.45) is 0. The number of hydrogen-bond acceptors (Lipinski definition) is 3. The molecule has 1 atom stereocenters. The highest BCUT2D eigenvalue weighted by Crippen LogP contribution is 2.21. The maximum absolute atomic E-state index is 12.3. The number of aryl methyl sites for hydroxylation is 1. The van der Waals surface area contributed by atoms with Crippen molar-refractivity contribution in [3.05, 3.63) is 53.0 Å². The van der Waals surface area contributed by atoms with Crippen molar-refractivity contribution in [2.75, 3.05) is 0 Å². The average molecular weight is 306 g/mol. The van der Waals surface area contributed by atoms with Crippen LogP contribution in [-0.4, -0.2) is 15.3 Å². The van der Waals surface area contributed by atoms with Gasteiger partial charge in [0.15, 0.2) is 0 Å². The number of carboxylic acids is 1. The summed E-state index contributed by atoms with van der Waals surface area (Å²) in [7, 11) is -1.22. The number of benzene rings is 1. The Kier molecular flexibility index (Phi) is 4.63. The van der Waals surface area contributed by atoms with Gasteiger partial charge in [0, 0.05) is 10.5 Å². The van der Waals surface area contributed by atoms with Crippen molar-refractivity contribution in [2.45, 2.75) is 37.3 Å². The van der Waals surface area contributed by atoms with Gasteiger partial charge in [-0.25, -0.2) is 4.79 Å². The zero-order valence-electron chi connectivity index (χ0n) is 12.3. The molecular formula is C16H18O4S. The van der Waals surface area contributed by atoms with E-state index in [2.05, 4.69) is 13.8 Å². The molecule has 0 aliphatic rings. The standard InChI is InChI=1S/C16H18O4S/c1-10(2)12-4-6-14(7-5-12)21(19)9-13-8-15(16(17)18)20-11(13)3/h4-8,10H,9H2,1-3H3,(H,17,18). The van der Waals surface area contributed by atoms with E-state index in [0.717, 1.165) is 4.90 Å². The molecule has 112 valence electrons. The largest absolute Gasteiger partial charge is 0.475 e. The van der Waals surface area contributed by atoms with E-state index in [9.17, 15) is 9.00 Å². The fourth-order valence-electron chi connectivity index (χ4n) is 2.00. The van der Waals surface area contributed by atoms with Crippen LogP contribution in [0.2, 0.25) is 0 Å². The van der Waals surface area contributed by atoms with Crippen LogP contribution in [-0.2, 0) is 16.6 Å². The SMILES string of the molecule is Cc1oc(C(=O)O)cc1CS(=O)c1ccc(C(C)C)cc1. The minimum absolute atomic E-state index is 0.116. The van der Waals surface area contributed by atoms with E-state index < -0.39 is 16.8 Å². The van der Waals surface area contributed by atoms with Crippen molar-refractivity contribution in [3.63, 3.8) is 0 Å². The summed E-state index contributed by atoms with van der Waals surface area (Å²) < 4.78 is 17.5. The molecule has 1 heterocycles. The van der Waals surface area contributed by atoms with E-state index in [1.165, 1.54) is 11.6 Å². The molecule has 0 aliphatic heterocycles. The molecule has 1 N–H and O–H groups in total. The first-order chi connectivity index (χ1) is 9.88. The van der Waals surface area contributed by atoms with Crippen LogP contribution in [0.1, 0.15) is 47.2 Å². The number of carbonyl (C=O) groups is 1. The summed E-state index contributed by atoms with van der Waals surface area (Å²) in [6, 6.07) is 9.11. The quantitative estimate of drug-likeness (QED) is 0.914. The summed E-state index contributed by atoms with van der Waals surface area (Å²) in [5.74, 6) is -0.0451. The molecule has 0 saturated carbocycles. The Morgan fingerprint density at radius 3 is 2.38 bits per heavy atom. The van der Waals surface area contributed by atoms with E-state index >= 15 is 0 Å². The normalized spacial score (nSPS) is 12.6. The second-order valence-corrected chi connectivity index (χ2v) is 6.66.